The molecule has 3 heteroatoms. The molecule has 0 N–H and O–H groups in total. The summed E-state index contributed by atoms with van der Waals surface area (Å²) in [5.74, 6) is -1.49. The second-order valence-corrected chi connectivity index (χ2v) is 8.00. The number of halogens is 3. The van der Waals surface area contributed by atoms with Crippen molar-refractivity contribution in [2.45, 2.75) is 39.0 Å². The van der Waals surface area contributed by atoms with Crippen molar-refractivity contribution in [1.29, 1.82) is 0 Å². The molecule has 0 saturated heterocycles. The molecule has 0 bridgehead atoms. The molecule has 0 aliphatic carbocycles. The van der Waals surface area contributed by atoms with Crippen LogP contribution < -0.4 is 0 Å². The molecule has 0 spiro atoms. The molecule has 0 aliphatic rings. The number of unbranched alkanes of at least 4 members (excludes halogenated alkanes) is 3. The van der Waals surface area contributed by atoms with Crippen molar-refractivity contribution < 1.29 is 8.78 Å². The Hall–Kier alpha value is -2.45. The third-order valence-corrected chi connectivity index (χ3v) is 5.90. The Morgan fingerprint density at radius 2 is 1.34 bits per heavy atom. The molecule has 0 aromatic heterocycles. The van der Waals surface area contributed by atoms with E-state index in [9.17, 15) is 8.78 Å². The van der Waals surface area contributed by atoms with E-state index in [1.807, 2.05) is 18.2 Å². The molecule has 0 heterocycles. The maximum Gasteiger partial charge on any atom is 0.145 e. The minimum Gasteiger partial charge on any atom is -0.205 e. The fourth-order valence-electron chi connectivity index (χ4n) is 3.93. The Labute approximate surface area is 175 Å². The zero-order valence-corrected chi connectivity index (χ0v) is 17.2. The van der Waals surface area contributed by atoms with Gasteiger partial charge in [-0.25, -0.2) is 8.78 Å². The van der Waals surface area contributed by atoms with E-state index in [-0.39, 0.29) is 0 Å². The molecule has 0 amide bonds. The first kappa shape index (κ1) is 19.8. The summed E-state index contributed by atoms with van der Waals surface area (Å²) in [5.41, 5.74) is 2.62. The Morgan fingerprint density at radius 3 is 2.03 bits per heavy atom. The third kappa shape index (κ3) is 4.13. The molecule has 4 aromatic rings. The van der Waals surface area contributed by atoms with Crippen molar-refractivity contribution in [2.75, 3.05) is 0 Å². The maximum atomic E-state index is 13.8. The molecular weight excluding hydrogens is 386 g/mol. The highest BCUT2D eigenvalue weighted by molar-refractivity contribution is 6.31. The van der Waals surface area contributed by atoms with Gasteiger partial charge in [0.15, 0.2) is 0 Å². The highest BCUT2D eigenvalue weighted by atomic mass is 35.5. The topological polar surface area (TPSA) is 0 Å². The van der Waals surface area contributed by atoms with Crippen molar-refractivity contribution in [2.24, 2.45) is 0 Å². The van der Waals surface area contributed by atoms with Crippen molar-refractivity contribution in [1.82, 2.24) is 0 Å². The lowest BCUT2D eigenvalue weighted by atomic mass is 9.95. The Morgan fingerprint density at radius 1 is 0.690 bits per heavy atom. The van der Waals surface area contributed by atoms with Crippen LogP contribution in [0.2, 0.25) is 5.02 Å². The molecular formula is C26H23ClF2. The molecule has 0 radical (unpaired) electrons. The number of hydrogen-bond donors (Lipinski definition) is 0. The van der Waals surface area contributed by atoms with Gasteiger partial charge in [0, 0.05) is 0 Å². The average Bonchev–Trinajstić information content (AvgIpc) is 2.74. The molecule has 0 fully saturated rings. The summed E-state index contributed by atoms with van der Waals surface area (Å²) >= 11 is 5.61. The van der Waals surface area contributed by atoms with Gasteiger partial charge in [-0.15, -0.1) is 0 Å². The fourth-order valence-corrected chi connectivity index (χ4v) is 4.04. The molecule has 4 rings (SSSR count). The third-order valence-electron chi connectivity index (χ3n) is 5.54. The Balaban J connectivity index is 1.68. The summed E-state index contributed by atoms with van der Waals surface area (Å²) < 4.78 is 27.7. The smallest absolute Gasteiger partial charge is 0.145 e. The standard InChI is InChI=1S/C26H23ClF2/c1-2-3-4-5-6-17-7-11-22-19(13-17)8-9-20-14-18(10-12-23(20)22)21-15-24(28)26(27)25(29)16-21/h7-16H,2-6H2,1H3. The van der Waals surface area contributed by atoms with Gasteiger partial charge in [0.25, 0.3) is 0 Å². The summed E-state index contributed by atoms with van der Waals surface area (Å²) in [6.07, 6.45) is 6.16. The van der Waals surface area contributed by atoms with Crippen LogP contribution in [0, 0.1) is 11.6 Å². The van der Waals surface area contributed by atoms with E-state index in [1.165, 1.54) is 54.2 Å². The zero-order valence-electron chi connectivity index (χ0n) is 16.4. The van der Waals surface area contributed by atoms with Crippen LogP contribution in [0.25, 0.3) is 32.7 Å². The van der Waals surface area contributed by atoms with Gasteiger partial charge in [0.05, 0.1) is 0 Å². The largest absolute Gasteiger partial charge is 0.205 e. The Bertz CT molecular complexity index is 1160. The number of benzene rings is 4. The van der Waals surface area contributed by atoms with Gasteiger partial charge in [-0.1, -0.05) is 80.3 Å². The van der Waals surface area contributed by atoms with Crippen molar-refractivity contribution in [3.05, 3.63) is 82.9 Å². The van der Waals surface area contributed by atoms with E-state index in [2.05, 4.69) is 37.3 Å². The molecule has 0 unspecified atom stereocenters. The predicted molar refractivity (Wildman–Crippen MR) is 120 cm³/mol. The molecule has 0 saturated carbocycles. The van der Waals surface area contributed by atoms with Crippen LogP contribution in [0.4, 0.5) is 8.78 Å². The van der Waals surface area contributed by atoms with E-state index in [0.717, 1.165) is 22.8 Å². The number of aryl methyl sites for hydroxylation is 1. The van der Waals surface area contributed by atoms with Crippen molar-refractivity contribution >= 4 is 33.1 Å². The lowest BCUT2D eigenvalue weighted by Gasteiger charge is -2.10. The first-order valence-corrected chi connectivity index (χ1v) is 10.5. The van der Waals surface area contributed by atoms with Gasteiger partial charge in [0.2, 0.25) is 0 Å². The SMILES string of the molecule is CCCCCCc1ccc2c(ccc3cc(-c4cc(F)c(Cl)c(F)c4)ccc32)c1. The van der Waals surface area contributed by atoms with Crippen molar-refractivity contribution in [3.8, 4) is 11.1 Å². The summed E-state index contributed by atoms with van der Waals surface area (Å²) in [4.78, 5) is 0. The van der Waals surface area contributed by atoms with E-state index in [4.69, 9.17) is 11.6 Å². The Kier molecular flexibility index (Phi) is 5.82. The molecule has 148 valence electrons. The van der Waals surface area contributed by atoms with Gasteiger partial charge < -0.3 is 0 Å². The van der Waals surface area contributed by atoms with Gasteiger partial charge in [-0.05, 0) is 69.3 Å². The highest BCUT2D eigenvalue weighted by Gasteiger charge is 2.11. The van der Waals surface area contributed by atoms with Crippen LogP contribution >= 0.6 is 11.6 Å². The van der Waals surface area contributed by atoms with E-state index in [1.54, 1.807) is 0 Å². The number of fused-ring (bicyclic) bond motifs is 3. The van der Waals surface area contributed by atoms with Crippen LogP contribution in [0.3, 0.4) is 0 Å². The van der Waals surface area contributed by atoms with E-state index < -0.39 is 16.7 Å². The summed E-state index contributed by atoms with van der Waals surface area (Å²) in [5, 5.41) is 4.13. The second-order valence-electron chi connectivity index (χ2n) is 7.62. The number of rotatable bonds is 6. The normalized spacial score (nSPS) is 11.4. The minimum atomic E-state index is -0.744. The van der Waals surface area contributed by atoms with Gasteiger partial charge in [0.1, 0.15) is 16.7 Å². The molecule has 29 heavy (non-hydrogen) atoms. The summed E-state index contributed by atoms with van der Waals surface area (Å²) in [6, 6.07) is 19.3. The van der Waals surface area contributed by atoms with Gasteiger partial charge in [-0.2, -0.15) is 0 Å². The first-order chi connectivity index (χ1) is 14.1. The molecule has 0 atom stereocenters. The quantitative estimate of drug-likeness (QED) is 0.170. The summed E-state index contributed by atoms with van der Waals surface area (Å²) in [7, 11) is 0. The average molecular weight is 409 g/mol. The molecule has 4 aromatic carbocycles. The van der Waals surface area contributed by atoms with Gasteiger partial charge >= 0.3 is 0 Å². The minimum absolute atomic E-state index is 0.467. The van der Waals surface area contributed by atoms with Crippen LogP contribution in [0.15, 0.2) is 60.7 Å². The van der Waals surface area contributed by atoms with Crippen molar-refractivity contribution in [3.63, 3.8) is 0 Å². The highest BCUT2D eigenvalue weighted by Crippen LogP contribution is 2.32. The first-order valence-electron chi connectivity index (χ1n) is 10.2. The predicted octanol–water partition coefficient (Wildman–Crippen LogP) is 8.71. The van der Waals surface area contributed by atoms with Crippen LogP contribution in [-0.2, 0) is 6.42 Å². The zero-order chi connectivity index (χ0) is 20.4. The van der Waals surface area contributed by atoms with Crippen LogP contribution in [0.5, 0.6) is 0 Å². The lowest BCUT2D eigenvalue weighted by Crippen LogP contribution is -1.89. The maximum absolute atomic E-state index is 13.8. The van der Waals surface area contributed by atoms with Crippen LogP contribution in [0.1, 0.15) is 38.2 Å². The van der Waals surface area contributed by atoms with Crippen LogP contribution in [-0.4, -0.2) is 0 Å². The van der Waals surface area contributed by atoms with E-state index >= 15 is 0 Å². The second kappa shape index (κ2) is 8.51. The molecule has 0 nitrogen and oxygen atoms in total. The number of hydrogen-bond acceptors (Lipinski definition) is 0. The summed E-state index contributed by atoms with van der Waals surface area (Å²) in [6.45, 7) is 2.23. The monoisotopic (exact) mass is 408 g/mol. The lowest BCUT2D eigenvalue weighted by molar-refractivity contribution is 0.585. The van der Waals surface area contributed by atoms with Gasteiger partial charge in [-0.3, -0.25) is 0 Å². The van der Waals surface area contributed by atoms with E-state index in [0.29, 0.717) is 5.56 Å². The fraction of sp³-hybridized carbons (Fsp3) is 0.231. The molecule has 0 aliphatic heterocycles.